The molecular formula is C27H38F2N4O4S. The van der Waals surface area contributed by atoms with Crippen LogP contribution in [0.3, 0.4) is 0 Å². The fourth-order valence-electron chi connectivity index (χ4n) is 4.62. The minimum absolute atomic E-state index is 0.0388. The van der Waals surface area contributed by atoms with Gasteiger partial charge in [0.15, 0.2) is 5.78 Å². The molecule has 0 saturated carbocycles. The van der Waals surface area contributed by atoms with Crippen molar-refractivity contribution in [2.24, 2.45) is 5.92 Å². The number of sulfonamides is 1. The summed E-state index contributed by atoms with van der Waals surface area (Å²) in [5.41, 5.74) is 0.470. The maximum Gasteiger partial charge on any atom is 0.224 e. The Labute approximate surface area is 223 Å². The number of halogens is 2. The summed E-state index contributed by atoms with van der Waals surface area (Å²) in [5, 5.41) is 0. The van der Waals surface area contributed by atoms with E-state index in [4.69, 9.17) is 0 Å². The molecule has 38 heavy (non-hydrogen) atoms. The third kappa shape index (κ3) is 8.17. The van der Waals surface area contributed by atoms with E-state index in [-0.39, 0.29) is 42.0 Å². The maximum absolute atomic E-state index is 14.2. The molecule has 2 aromatic rings. The van der Waals surface area contributed by atoms with Gasteiger partial charge in [-0.2, -0.15) is 0 Å². The first-order chi connectivity index (χ1) is 17.9. The van der Waals surface area contributed by atoms with Crippen molar-refractivity contribution in [1.29, 1.82) is 0 Å². The largest absolute Gasteiger partial charge is 0.342 e. The van der Waals surface area contributed by atoms with Gasteiger partial charge in [0.1, 0.15) is 17.5 Å². The second-order valence-corrected chi connectivity index (χ2v) is 12.6. The Hall–Kier alpha value is -2.66. The van der Waals surface area contributed by atoms with Gasteiger partial charge in [0.25, 0.3) is 0 Å². The van der Waals surface area contributed by atoms with Gasteiger partial charge in [-0.3, -0.25) is 9.59 Å². The van der Waals surface area contributed by atoms with Gasteiger partial charge in [-0.25, -0.2) is 26.9 Å². The highest BCUT2D eigenvalue weighted by molar-refractivity contribution is 7.89. The lowest BCUT2D eigenvalue weighted by Crippen LogP contribution is -2.48. The molecule has 0 radical (unpaired) electrons. The summed E-state index contributed by atoms with van der Waals surface area (Å²) in [7, 11) is -3.79. The third-order valence-electron chi connectivity index (χ3n) is 6.97. The maximum atomic E-state index is 14.2. The Morgan fingerprint density at radius 1 is 1.18 bits per heavy atom. The highest BCUT2D eigenvalue weighted by Crippen LogP contribution is 2.26. The number of H-pyrrole nitrogens is 1. The summed E-state index contributed by atoms with van der Waals surface area (Å²) >= 11 is 0. The van der Waals surface area contributed by atoms with Crippen LogP contribution in [-0.2, 0) is 19.6 Å². The fraction of sp³-hybridized carbons (Fsp3) is 0.593. The molecule has 0 unspecified atom stereocenters. The minimum atomic E-state index is -3.79. The van der Waals surface area contributed by atoms with Gasteiger partial charge in [-0.1, -0.05) is 20.8 Å². The first-order valence-corrected chi connectivity index (χ1v) is 14.8. The number of amides is 1. The number of aromatic amines is 1. The molecule has 1 aliphatic rings. The Bertz CT molecular complexity index is 1230. The number of imidazole rings is 1. The highest BCUT2D eigenvalue weighted by Gasteiger charge is 2.32. The number of carbonyl (C=O) groups is 2. The monoisotopic (exact) mass is 552 g/mol. The molecule has 1 aromatic heterocycles. The number of likely N-dealkylation sites (tertiary alicyclic amines) is 1. The molecule has 1 saturated heterocycles. The zero-order valence-electron chi connectivity index (χ0n) is 22.5. The number of hydrogen-bond donors (Lipinski definition) is 2. The average Bonchev–Trinajstić information content (AvgIpc) is 3.32. The predicted octanol–water partition coefficient (Wildman–Crippen LogP) is 4.54. The number of Topliss-reactive ketones (excluding diaryl/α,β-unsaturated/α-hetero) is 1. The molecule has 1 amide bonds. The summed E-state index contributed by atoms with van der Waals surface area (Å²) in [6.07, 6.45) is 4.27. The van der Waals surface area contributed by atoms with Crippen LogP contribution in [0.5, 0.6) is 0 Å². The summed E-state index contributed by atoms with van der Waals surface area (Å²) in [6, 6.07) is 2.06. The molecular weight excluding hydrogens is 514 g/mol. The Kier molecular flexibility index (Phi) is 10.2. The van der Waals surface area contributed by atoms with Gasteiger partial charge >= 0.3 is 0 Å². The van der Waals surface area contributed by atoms with Crippen molar-refractivity contribution in [2.45, 2.75) is 84.2 Å². The van der Waals surface area contributed by atoms with Gasteiger partial charge in [0.2, 0.25) is 15.9 Å². The molecule has 0 spiro atoms. The van der Waals surface area contributed by atoms with Crippen molar-refractivity contribution < 1.29 is 26.8 Å². The van der Waals surface area contributed by atoms with Crippen LogP contribution in [-0.4, -0.2) is 59.4 Å². The van der Waals surface area contributed by atoms with Crippen LogP contribution in [0.1, 0.15) is 78.0 Å². The second kappa shape index (κ2) is 12.9. The average molecular weight is 553 g/mol. The van der Waals surface area contributed by atoms with E-state index in [9.17, 15) is 26.8 Å². The molecule has 2 N–H and O–H groups in total. The van der Waals surface area contributed by atoms with Crippen LogP contribution in [0.4, 0.5) is 8.78 Å². The molecule has 2 heterocycles. The predicted molar refractivity (Wildman–Crippen MR) is 142 cm³/mol. The van der Waals surface area contributed by atoms with Crippen molar-refractivity contribution in [3.63, 3.8) is 0 Å². The normalized spacial score (nSPS) is 18.0. The van der Waals surface area contributed by atoms with E-state index in [0.29, 0.717) is 24.5 Å². The first kappa shape index (κ1) is 29.9. The lowest BCUT2D eigenvalue weighted by molar-refractivity contribution is -0.137. The van der Waals surface area contributed by atoms with Crippen LogP contribution < -0.4 is 4.72 Å². The van der Waals surface area contributed by atoms with E-state index in [2.05, 4.69) is 14.7 Å². The van der Waals surface area contributed by atoms with Crippen LogP contribution in [0.15, 0.2) is 24.4 Å². The topological polar surface area (TPSA) is 112 Å². The van der Waals surface area contributed by atoms with Gasteiger partial charge < -0.3 is 9.88 Å². The van der Waals surface area contributed by atoms with Crippen molar-refractivity contribution in [1.82, 2.24) is 19.6 Å². The summed E-state index contributed by atoms with van der Waals surface area (Å²) in [4.78, 5) is 35.4. The van der Waals surface area contributed by atoms with E-state index in [1.54, 1.807) is 11.8 Å². The van der Waals surface area contributed by atoms with Gasteiger partial charge in [-0.05, 0) is 50.7 Å². The SMILES string of the molecule is CC(C)CCS(=O)(=O)N[C@@H](CC(=O)N1CCCC[C@@H]1C)C(=O)C[C@@H](C)c1ncc(-c2ccc(F)cc2F)[nH]1. The van der Waals surface area contributed by atoms with Gasteiger partial charge in [0, 0.05) is 36.6 Å². The van der Waals surface area contributed by atoms with E-state index >= 15 is 0 Å². The molecule has 0 bridgehead atoms. The number of piperidine rings is 1. The standard InChI is InChI=1S/C27H38F2N4O4S/c1-17(2)10-12-38(36,37)32-23(15-26(35)33-11-6-5-7-19(33)4)25(34)13-18(3)27-30-16-24(31-27)21-9-8-20(28)14-22(21)29/h8-9,14,16-19,23,32H,5-7,10-13,15H2,1-4H3,(H,30,31)/t18-,19+,23+/m1/s1. The molecule has 1 aromatic carbocycles. The number of rotatable bonds is 12. The molecule has 0 aliphatic carbocycles. The molecule has 1 aliphatic heterocycles. The fourth-order valence-corrected chi connectivity index (χ4v) is 6.17. The van der Waals surface area contributed by atoms with Crippen LogP contribution in [0.2, 0.25) is 0 Å². The van der Waals surface area contributed by atoms with Gasteiger partial charge in [-0.15, -0.1) is 0 Å². The number of aromatic nitrogens is 2. The van der Waals surface area contributed by atoms with E-state index in [0.717, 1.165) is 31.4 Å². The van der Waals surface area contributed by atoms with E-state index in [1.165, 1.54) is 12.3 Å². The number of hydrogen-bond acceptors (Lipinski definition) is 5. The van der Waals surface area contributed by atoms with Crippen LogP contribution >= 0.6 is 0 Å². The number of nitrogens with one attached hydrogen (secondary N) is 2. The summed E-state index contributed by atoms with van der Waals surface area (Å²) < 4.78 is 55.5. The minimum Gasteiger partial charge on any atom is -0.342 e. The zero-order chi connectivity index (χ0) is 28.0. The Balaban J connectivity index is 1.75. The lowest BCUT2D eigenvalue weighted by atomic mass is 9.97. The highest BCUT2D eigenvalue weighted by atomic mass is 32.2. The Morgan fingerprint density at radius 2 is 1.92 bits per heavy atom. The molecule has 8 nitrogen and oxygen atoms in total. The van der Waals surface area contributed by atoms with Crippen molar-refractivity contribution in [3.05, 3.63) is 41.9 Å². The number of benzene rings is 1. The molecule has 210 valence electrons. The number of carbonyl (C=O) groups excluding carboxylic acids is 2. The van der Waals surface area contributed by atoms with Crippen molar-refractivity contribution in [3.8, 4) is 11.3 Å². The zero-order valence-corrected chi connectivity index (χ0v) is 23.3. The quantitative estimate of drug-likeness (QED) is 0.401. The lowest BCUT2D eigenvalue weighted by Gasteiger charge is -2.34. The molecule has 1 fully saturated rings. The third-order valence-corrected chi connectivity index (χ3v) is 8.38. The molecule has 11 heteroatoms. The Morgan fingerprint density at radius 3 is 2.58 bits per heavy atom. The smallest absolute Gasteiger partial charge is 0.224 e. The summed E-state index contributed by atoms with van der Waals surface area (Å²) in [5.74, 6) is -2.15. The molecule has 3 atom stereocenters. The van der Waals surface area contributed by atoms with Crippen molar-refractivity contribution >= 4 is 21.7 Å². The second-order valence-electron chi connectivity index (χ2n) is 10.7. The number of ketones is 1. The first-order valence-electron chi connectivity index (χ1n) is 13.2. The summed E-state index contributed by atoms with van der Waals surface area (Å²) in [6.45, 7) is 8.11. The van der Waals surface area contributed by atoms with E-state index < -0.39 is 39.4 Å². The van der Waals surface area contributed by atoms with Crippen molar-refractivity contribution in [2.75, 3.05) is 12.3 Å². The molecule has 3 rings (SSSR count). The number of nitrogens with zero attached hydrogens (tertiary/aromatic N) is 2. The van der Waals surface area contributed by atoms with E-state index in [1.807, 2.05) is 20.8 Å². The van der Waals surface area contributed by atoms with Crippen LogP contribution in [0.25, 0.3) is 11.3 Å². The van der Waals surface area contributed by atoms with Crippen LogP contribution in [0, 0.1) is 17.6 Å². The van der Waals surface area contributed by atoms with Gasteiger partial charge in [0.05, 0.1) is 30.1 Å².